The minimum atomic E-state index is -0.971. The van der Waals surface area contributed by atoms with Gasteiger partial charge >= 0.3 is 12.1 Å². The summed E-state index contributed by atoms with van der Waals surface area (Å²) in [5.41, 5.74) is -0.637. The highest BCUT2D eigenvalue weighted by atomic mass is 16.6. The maximum Gasteiger partial charge on any atom is 0.411 e. The average molecular weight is 301 g/mol. The summed E-state index contributed by atoms with van der Waals surface area (Å²) in [5.74, 6) is -1.06. The summed E-state index contributed by atoms with van der Waals surface area (Å²) in [6.07, 6.45) is 1.44. The summed E-state index contributed by atoms with van der Waals surface area (Å²) < 4.78 is 10.6. The van der Waals surface area contributed by atoms with Gasteiger partial charge in [-0.1, -0.05) is 6.92 Å². The molecule has 0 bridgehead atoms. The Kier molecular flexibility index (Phi) is 6.45. The molecular formula is C15H27NO5. The Labute approximate surface area is 126 Å². The second-order valence-corrected chi connectivity index (χ2v) is 6.41. The molecule has 122 valence electrons. The Balaban J connectivity index is 2.91. The molecule has 0 aliphatic carbocycles. The number of hydrogen-bond donors (Lipinski definition) is 1. The lowest BCUT2D eigenvalue weighted by atomic mass is 9.90. The van der Waals surface area contributed by atoms with Crippen LogP contribution < -0.4 is 0 Å². The number of carbonyl (C=O) groups excluding carboxylic acids is 1. The van der Waals surface area contributed by atoms with Crippen molar-refractivity contribution in [1.29, 1.82) is 0 Å². The smallest absolute Gasteiger partial charge is 0.411 e. The number of carboxylic acid groups (broad SMARTS) is 1. The molecule has 1 saturated heterocycles. The van der Waals surface area contributed by atoms with Gasteiger partial charge < -0.3 is 14.6 Å². The van der Waals surface area contributed by atoms with E-state index in [0.29, 0.717) is 39.0 Å². The molecule has 1 fully saturated rings. The van der Waals surface area contributed by atoms with Crippen molar-refractivity contribution >= 4 is 12.1 Å². The molecule has 1 rings (SSSR count). The van der Waals surface area contributed by atoms with Gasteiger partial charge in [0.15, 0.2) is 0 Å². The van der Waals surface area contributed by atoms with Crippen molar-refractivity contribution in [3.8, 4) is 0 Å². The first-order valence-corrected chi connectivity index (χ1v) is 7.56. The monoisotopic (exact) mass is 301 g/mol. The third kappa shape index (κ3) is 5.53. The van der Waals surface area contributed by atoms with E-state index in [-0.39, 0.29) is 5.92 Å². The van der Waals surface area contributed by atoms with Crippen LogP contribution in [0.15, 0.2) is 0 Å². The van der Waals surface area contributed by atoms with Gasteiger partial charge in [0.05, 0.1) is 0 Å². The van der Waals surface area contributed by atoms with E-state index in [1.54, 1.807) is 20.8 Å². The molecule has 6 nitrogen and oxygen atoms in total. The van der Waals surface area contributed by atoms with Gasteiger partial charge in [0, 0.05) is 19.8 Å². The Morgan fingerprint density at radius 3 is 2.33 bits per heavy atom. The van der Waals surface area contributed by atoms with E-state index in [0.717, 1.165) is 0 Å². The van der Waals surface area contributed by atoms with E-state index in [4.69, 9.17) is 9.47 Å². The third-order valence-corrected chi connectivity index (χ3v) is 3.39. The SMILES string of the molecule is CCCN(C(=O)OC(C)(C)C)C(C(=O)O)C1CCOCC1. The minimum Gasteiger partial charge on any atom is -0.480 e. The summed E-state index contributed by atoms with van der Waals surface area (Å²) in [7, 11) is 0. The number of amides is 1. The lowest BCUT2D eigenvalue weighted by Gasteiger charge is -2.36. The van der Waals surface area contributed by atoms with E-state index in [1.165, 1.54) is 4.90 Å². The number of nitrogens with zero attached hydrogens (tertiary/aromatic N) is 1. The standard InChI is InChI=1S/C15H27NO5/c1-5-8-16(14(19)21-15(2,3)4)12(13(17)18)11-6-9-20-10-7-11/h11-12H,5-10H2,1-4H3,(H,17,18). The fraction of sp³-hybridized carbons (Fsp3) is 0.867. The van der Waals surface area contributed by atoms with Gasteiger partial charge in [0.1, 0.15) is 11.6 Å². The van der Waals surface area contributed by atoms with Gasteiger partial charge in [-0.05, 0) is 46.0 Å². The van der Waals surface area contributed by atoms with Crippen LogP contribution in [0.5, 0.6) is 0 Å². The maximum absolute atomic E-state index is 12.3. The highest BCUT2D eigenvalue weighted by Gasteiger charge is 2.38. The first-order chi connectivity index (χ1) is 9.76. The lowest BCUT2D eigenvalue weighted by molar-refractivity contribution is -0.146. The number of carboxylic acids is 1. The Hall–Kier alpha value is -1.30. The zero-order valence-electron chi connectivity index (χ0n) is 13.4. The van der Waals surface area contributed by atoms with Crippen molar-refractivity contribution in [3.63, 3.8) is 0 Å². The Morgan fingerprint density at radius 1 is 1.33 bits per heavy atom. The highest BCUT2D eigenvalue weighted by molar-refractivity contribution is 5.80. The van der Waals surface area contributed by atoms with Crippen LogP contribution in [0.25, 0.3) is 0 Å². The van der Waals surface area contributed by atoms with Gasteiger partial charge in [-0.15, -0.1) is 0 Å². The molecule has 0 aromatic heterocycles. The molecule has 1 atom stereocenters. The predicted octanol–water partition coefficient (Wildman–Crippen LogP) is 2.51. The van der Waals surface area contributed by atoms with Crippen molar-refractivity contribution < 1.29 is 24.2 Å². The summed E-state index contributed by atoms with van der Waals surface area (Å²) >= 11 is 0. The molecule has 0 saturated carbocycles. The number of carbonyl (C=O) groups is 2. The molecule has 0 radical (unpaired) electrons. The molecule has 1 N–H and O–H groups in total. The largest absolute Gasteiger partial charge is 0.480 e. The van der Waals surface area contributed by atoms with Gasteiger partial charge in [0.25, 0.3) is 0 Å². The molecule has 1 aliphatic rings. The van der Waals surface area contributed by atoms with Crippen LogP contribution in [-0.4, -0.2) is 53.5 Å². The topological polar surface area (TPSA) is 76.1 Å². The van der Waals surface area contributed by atoms with Crippen molar-refractivity contribution in [2.45, 2.75) is 58.6 Å². The highest BCUT2D eigenvalue weighted by Crippen LogP contribution is 2.25. The molecule has 21 heavy (non-hydrogen) atoms. The minimum absolute atomic E-state index is 0.0877. The van der Waals surface area contributed by atoms with Gasteiger partial charge in [-0.3, -0.25) is 4.90 Å². The first-order valence-electron chi connectivity index (χ1n) is 7.56. The van der Waals surface area contributed by atoms with Crippen molar-refractivity contribution in [2.24, 2.45) is 5.92 Å². The number of rotatable bonds is 5. The molecule has 0 spiro atoms. The zero-order chi connectivity index (χ0) is 16.0. The van der Waals surface area contributed by atoms with Gasteiger partial charge in [-0.2, -0.15) is 0 Å². The summed E-state index contributed by atoms with van der Waals surface area (Å²) in [6.45, 7) is 8.71. The maximum atomic E-state index is 12.3. The fourth-order valence-electron chi connectivity index (χ4n) is 2.53. The van der Waals surface area contributed by atoms with Gasteiger partial charge in [0.2, 0.25) is 0 Å². The molecule has 0 aromatic carbocycles. The molecular weight excluding hydrogens is 274 g/mol. The van der Waals surface area contributed by atoms with Crippen molar-refractivity contribution in [2.75, 3.05) is 19.8 Å². The quantitative estimate of drug-likeness (QED) is 0.844. The second kappa shape index (κ2) is 7.64. The summed E-state index contributed by atoms with van der Waals surface area (Å²) in [6, 6.07) is -0.844. The molecule has 6 heteroatoms. The molecule has 1 amide bonds. The fourth-order valence-corrected chi connectivity index (χ4v) is 2.53. The van der Waals surface area contributed by atoms with E-state index in [1.807, 2.05) is 6.92 Å². The van der Waals surface area contributed by atoms with Crippen LogP contribution in [0.3, 0.4) is 0 Å². The van der Waals surface area contributed by atoms with E-state index < -0.39 is 23.7 Å². The molecule has 0 aromatic rings. The number of aliphatic carboxylic acids is 1. The lowest BCUT2D eigenvalue weighted by Crippen LogP contribution is -2.52. The first kappa shape index (κ1) is 17.8. The Bertz CT molecular complexity index is 358. The van der Waals surface area contributed by atoms with Crippen LogP contribution in [0.2, 0.25) is 0 Å². The average Bonchev–Trinajstić information content (AvgIpc) is 2.37. The zero-order valence-corrected chi connectivity index (χ0v) is 13.4. The van der Waals surface area contributed by atoms with Crippen molar-refractivity contribution in [3.05, 3.63) is 0 Å². The van der Waals surface area contributed by atoms with Crippen LogP contribution in [0, 0.1) is 5.92 Å². The van der Waals surface area contributed by atoms with Crippen molar-refractivity contribution in [1.82, 2.24) is 4.90 Å². The van der Waals surface area contributed by atoms with Gasteiger partial charge in [-0.25, -0.2) is 9.59 Å². The number of hydrogen-bond acceptors (Lipinski definition) is 4. The summed E-state index contributed by atoms with van der Waals surface area (Å²) in [4.78, 5) is 25.4. The molecule has 1 unspecified atom stereocenters. The molecule has 1 aliphatic heterocycles. The van der Waals surface area contributed by atoms with Crippen LogP contribution in [-0.2, 0) is 14.3 Å². The second-order valence-electron chi connectivity index (χ2n) is 6.41. The van der Waals surface area contributed by atoms with E-state index in [2.05, 4.69) is 0 Å². The molecule has 1 heterocycles. The van der Waals surface area contributed by atoms with Crippen LogP contribution in [0.1, 0.15) is 47.0 Å². The van der Waals surface area contributed by atoms with Crippen LogP contribution >= 0.6 is 0 Å². The van der Waals surface area contributed by atoms with Crippen LogP contribution in [0.4, 0.5) is 4.79 Å². The third-order valence-electron chi connectivity index (χ3n) is 3.39. The Morgan fingerprint density at radius 2 is 1.90 bits per heavy atom. The number of ether oxygens (including phenoxy) is 2. The normalized spacial score (nSPS) is 18.1. The van der Waals surface area contributed by atoms with E-state index >= 15 is 0 Å². The van der Waals surface area contributed by atoms with E-state index in [9.17, 15) is 14.7 Å². The summed E-state index contributed by atoms with van der Waals surface area (Å²) in [5, 5.41) is 9.58. The predicted molar refractivity (Wildman–Crippen MR) is 78.2 cm³/mol.